The van der Waals surface area contributed by atoms with Crippen LogP contribution in [0.15, 0.2) is 72.8 Å². The summed E-state index contributed by atoms with van der Waals surface area (Å²) in [5.74, 6) is 0. The number of anilines is 4. The second-order valence-corrected chi connectivity index (χ2v) is 7.88. The van der Waals surface area contributed by atoms with Gasteiger partial charge >= 0.3 is 0 Å². The van der Waals surface area contributed by atoms with Crippen molar-refractivity contribution in [2.24, 2.45) is 0 Å². The monoisotopic (exact) mass is 568 g/mol. The maximum atomic E-state index is 11.9. The number of benzene rings is 3. The van der Waals surface area contributed by atoms with Gasteiger partial charge in [0.15, 0.2) is 0 Å². The predicted octanol–water partition coefficient (Wildman–Crippen LogP) is 5.48. The molecule has 0 aliphatic rings. The summed E-state index contributed by atoms with van der Waals surface area (Å²) in [6.07, 6.45) is 1.52. The molecule has 0 atom stereocenters. The summed E-state index contributed by atoms with van der Waals surface area (Å²) in [7, 11) is 0. The van der Waals surface area contributed by atoms with E-state index in [-0.39, 0.29) is 0 Å². The van der Waals surface area contributed by atoms with Gasteiger partial charge in [-0.2, -0.15) is 0 Å². The first-order valence-electron chi connectivity index (χ1n) is 7.73. The van der Waals surface area contributed by atoms with Crippen LogP contribution in [-0.2, 0) is 9.59 Å². The maximum absolute atomic E-state index is 11.9. The van der Waals surface area contributed by atoms with Crippen LogP contribution in [0, 0.1) is 7.14 Å². The molecule has 0 bridgehead atoms. The Morgan fingerprint density at radius 1 is 0.577 bits per heavy atom. The highest BCUT2D eigenvalue weighted by molar-refractivity contribution is 14.1. The Labute approximate surface area is 179 Å². The van der Waals surface area contributed by atoms with Crippen LogP contribution in [0.25, 0.3) is 0 Å². The number of halogens is 2. The van der Waals surface area contributed by atoms with Gasteiger partial charge in [-0.05, 0) is 106 Å². The van der Waals surface area contributed by atoms with Crippen molar-refractivity contribution < 1.29 is 9.59 Å². The van der Waals surface area contributed by atoms with E-state index in [1.54, 1.807) is 0 Å². The van der Waals surface area contributed by atoms with Gasteiger partial charge in [0.2, 0.25) is 12.8 Å². The summed E-state index contributed by atoms with van der Waals surface area (Å²) in [5.41, 5.74) is 2.74. The van der Waals surface area contributed by atoms with Crippen molar-refractivity contribution in [3.05, 3.63) is 79.9 Å². The number of nitrogens with zero attached hydrogens (tertiary/aromatic N) is 2. The molecule has 0 aliphatic carbocycles. The molecule has 2 amide bonds. The highest BCUT2D eigenvalue weighted by atomic mass is 127. The third-order valence-corrected chi connectivity index (χ3v) is 5.26. The van der Waals surface area contributed by atoms with E-state index in [0.717, 1.165) is 31.3 Å². The number of carbonyl (C=O) groups is 2. The highest BCUT2D eigenvalue weighted by Gasteiger charge is 2.18. The molecule has 0 aliphatic heterocycles. The largest absolute Gasteiger partial charge is 0.282 e. The topological polar surface area (TPSA) is 40.6 Å². The smallest absolute Gasteiger partial charge is 0.218 e. The van der Waals surface area contributed by atoms with E-state index in [1.807, 2.05) is 72.8 Å². The zero-order valence-corrected chi connectivity index (χ0v) is 17.9. The lowest BCUT2D eigenvalue weighted by Gasteiger charge is -2.26. The van der Waals surface area contributed by atoms with Crippen LogP contribution < -0.4 is 9.80 Å². The van der Waals surface area contributed by atoms with E-state index in [0.29, 0.717) is 11.4 Å². The summed E-state index contributed by atoms with van der Waals surface area (Å²) in [6.45, 7) is 0. The van der Waals surface area contributed by atoms with Crippen molar-refractivity contribution >= 4 is 80.8 Å². The SMILES string of the molecule is O=CN(c1ccc(I)cc1)c1ccccc1N(C=O)c1ccc(I)cc1. The Morgan fingerprint density at radius 3 is 1.23 bits per heavy atom. The lowest BCUT2D eigenvalue weighted by Crippen LogP contribution is -2.20. The lowest BCUT2D eigenvalue weighted by molar-refractivity contribution is -0.107. The average Bonchev–Trinajstić information content (AvgIpc) is 2.67. The number of hydrogen-bond donors (Lipinski definition) is 0. The minimum atomic E-state index is 0.634. The standard InChI is InChI=1S/C20H14I2N2O2/c21-15-5-9-17(10-6-15)23(13-25)19-3-1-2-4-20(19)24(14-26)18-11-7-16(22)8-12-18/h1-14H. The van der Waals surface area contributed by atoms with E-state index >= 15 is 0 Å². The molecule has 6 heteroatoms. The van der Waals surface area contributed by atoms with Crippen LogP contribution in [0.4, 0.5) is 22.7 Å². The Hall–Kier alpha value is -1.94. The summed E-state index contributed by atoms with van der Waals surface area (Å²) >= 11 is 4.44. The first-order valence-corrected chi connectivity index (χ1v) is 9.89. The normalized spacial score (nSPS) is 10.2. The van der Waals surface area contributed by atoms with Gasteiger partial charge in [-0.1, -0.05) is 12.1 Å². The van der Waals surface area contributed by atoms with Gasteiger partial charge in [-0.15, -0.1) is 0 Å². The van der Waals surface area contributed by atoms with Gasteiger partial charge in [-0.25, -0.2) is 0 Å². The molecule has 0 aromatic heterocycles. The van der Waals surface area contributed by atoms with Gasteiger partial charge in [0.05, 0.1) is 11.4 Å². The van der Waals surface area contributed by atoms with Crippen molar-refractivity contribution in [1.29, 1.82) is 0 Å². The quantitative estimate of drug-likeness (QED) is 0.292. The fourth-order valence-corrected chi connectivity index (χ4v) is 3.31. The van der Waals surface area contributed by atoms with Crippen molar-refractivity contribution in [2.75, 3.05) is 9.80 Å². The van der Waals surface area contributed by atoms with Gasteiger partial charge in [-0.3, -0.25) is 19.4 Å². The first kappa shape index (κ1) is 18.8. The fraction of sp³-hybridized carbons (Fsp3) is 0. The molecule has 0 spiro atoms. The van der Waals surface area contributed by atoms with Crippen LogP contribution in [0.2, 0.25) is 0 Å². The number of rotatable bonds is 6. The molecule has 4 nitrogen and oxygen atoms in total. The fourth-order valence-electron chi connectivity index (χ4n) is 2.59. The van der Waals surface area contributed by atoms with Gasteiger partial charge in [0.1, 0.15) is 0 Å². The molecule has 130 valence electrons. The second kappa shape index (κ2) is 8.63. The Kier molecular flexibility index (Phi) is 6.25. The molecule has 0 saturated heterocycles. The predicted molar refractivity (Wildman–Crippen MR) is 121 cm³/mol. The molecule has 0 saturated carbocycles. The molecule has 3 rings (SSSR count). The van der Waals surface area contributed by atoms with Crippen LogP contribution in [0.3, 0.4) is 0 Å². The summed E-state index contributed by atoms with van der Waals surface area (Å²) < 4.78 is 2.16. The van der Waals surface area contributed by atoms with E-state index in [1.165, 1.54) is 9.80 Å². The molecule has 0 unspecified atom stereocenters. The zero-order valence-electron chi connectivity index (χ0n) is 13.5. The zero-order chi connectivity index (χ0) is 18.5. The van der Waals surface area contributed by atoms with E-state index < -0.39 is 0 Å². The summed E-state index contributed by atoms with van der Waals surface area (Å²) in [6, 6.07) is 22.6. The van der Waals surface area contributed by atoms with E-state index in [2.05, 4.69) is 45.2 Å². The minimum absolute atomic E-state index is 0.634. The number of carbonyl (C=O) groups excluding carboxylic acids is 2. The molecule has 0 N–H and O–H groups in total. The molecule has 3 aromatic rings. The molecule has 0 radical (unpaired) electrons. The molecular formula is C20H14I2N2O2. The Bertz CT molecular complexity index is 835. The van der Waals surface area contributed by atoms with E-state index in [4.69, 9.17) is 0 Å². The molecule has 0 heterocycles. The van der Waals surface area contributed by atoms with Crippen molar-refractivity contribution in [3.8, 4) is 0 Å². The number of hydrogen-bond acceptors (Lipinski definition) is 2. The minimum Gasteiger partial charge on any atom is -0.282 e. The Morgan fingerprint density at radius 2 is 0.923 bits per heavy atom. The van der Waals surface area contributed by atoms with Crippen molar-refractivity contribution in [2.45, 2.75) is 0 Å². The van der Waals surface area contributed by atoms with Crippen LogP contribution in [0.1, 0.15) is 0 Å². The van der Waals surface area contributed by atoms with Crippen LogP contribution in [0.5, 0.6) is 0 Å². The van der Waals surface area contributed by atoms with E-state index in [9.17, 15) is 9.59 Å². The summed E-state index contributed by atoms with van der Waals surface area (Å²) in [5, 5.41) is 0. The maximum Gasteiger partial charge on any atom is 0.218 e. The van der Waals surface area contributed by atoms with Gasteiger partial charge in [0, 0.05) is 18.5 Å². The molecule has 3 aromatic carbocycles. The van der Waals surface area contributed by atoms with Gasteiger partial charge in [0.25, 0.3) is 0 Å². The average molecular weight is 568 g/mol. The molecular weight excluding hydrogens is 554 g/mol. The van der Waals surface area contributed by atoms with Crippen LogP contribution in [-0.4, -0.2) is 12.8 Å². The third kappa shape index (κ3) is 4.07. The Balaban J connectivity index is 2.08. The first-order chi connectivity index (χ1) is 12.6. The highest BCUT2D eigenvalue weighted by Crippen LogP contribution is 2.36. The second-order valence-electron chi connectivity index (χ2n) is 5.39. The molecule has 0 fully saturated rings. The molecule has 26 heavy (non-hydrogen) atoms. The summed E-state index contributed by atoms with van der Waals surface area (Å²) in [4.78, 5) is 26.8. The van der Waals surface area contributed by atoms with Crippen LogP contribution >= 0.6 is 45.2 Å². The van der Waals surface area contributed by atoms with Crippen molar-refractivity contribution in [1.82, 2.24) is 0 Å². The van der Waals surface area contributed by atoms with Crippen molar-refractivity contribution in [3.63, 3.8) is 0 Å². The number of para-hydroxylation sites is 2. The van der Waals surface area contributed by atoms with Gasteiger partial charge < -0.3 is 0 Å². The number of amides is 2. The third-order valence-electron chi connectivity index (χ3n) is 3.82. The lowest BCUT2D eigenvalue weighted by atomic mass is 10.2.